The second kappa shape index (κ2) is 6.71. The number of imide groups is 1. The molecular weight excluding hydrogens is 334 g/mol. The third-order valence-corrected chi connectivity index (χ3v) is 5.36. The maximum absolute atomic E-state index is 12.0. The molecule has 2 aromatic rings. The maximum atomic E-state index is 12.0. The van der Waals surface area contributed by atoms with Gasteiger partial charge in [-0.25, -0.2) is 4.79 Å². The van der Waals surface area contributed by atoms with Gasteiger partial charge in [0.15, 0.2) is 11.0 Å². The number of aromatic nitrogens is 3. The summed E-state index contributed by atoms with van der Waals surface area (Å²) in [4.78, 5) is 24.3. The van der Waals surface area contributed by atoms with Crippen LogP contribution in [0.4, 0.5) is 4.79 Å². The van der Waals surface area contributed by atoms with Crippen LogP contribution in [0.25, 0.3) is 10.7 Å². The predicted octanol–water partition coefficient (Wildman–Crippen LogP) is 2.28. The Morgan fingerprint density at radius 3 is 2.83 bits per heavy atom. The van der Waals surface area contributed by atoms with Gasteiger partial charge in [0.05, 0.1) is 10.1 Å². The van der Waals surface area contributed by atoms with Crippen LogP contribution < -0.4 is 10.6 Å². The van der Waals surface area contributed by atoms with E-state index in [1.165, 1.54) is 18.8 Å². The molecule has 7 nitrogen and oxygen atoms in total. The number of thiophene rings is 1. The highest BCUT2D eigenvalue weighted by atomic mass is 32.2. The van der Waals surface area contributed by atoms with Crippen LogP contribution >= 0.6 is 23.1 Å². The highest BCUT2D eigenvalue weighted by Crippen LogP contribution is 2.42. The van der Waals surface area contributed by atoms with Gasteiger partial charge in [-0.15, -0.1) is 21.5 Å². The molecule has 3 rings (SSSR count). The van der Waals surface area contributed by atoms with Crippen LogP contribution in [-0.2, 0) is 4.79 Å². The molecule has 23 heavy (non-hydrogen) atoms. The van der Waals surface area contributed by atoms with Crippen LogP contribution in [0, 0.1) is 0 Å². The van der Waals surface area contributed by atoms with Gasteiger partial charge in [0.2, 0.25) is 5.91 Å². The van der Waals surface area contributed by atoms with Gasteiger partial charge in [0.25, 0.3) is 0 Å². The number of hydrogen-bond donors (Lipinski definition) is 2. The van der Waals surface area contributed by atoms with Crippen LogP contribution in [0.5, 0.6) is 0 Å². The number of carbonyl (C=O) groups excluding carboxylic acids is 2. The Morgan fingerprint density at radius 2 is 2.22 bits per heavy atom. The lowest BCUT2D eigenvalue weighted by atomic mass is 10.4. The van der Waals surface area contributed by atoms with Gasteiger partial charge < -0.3 is 5.32 Å². The fraction of sp³-hybridized carbons (Fsp3) is 0.429. The van der Waals surface area contributed by atoms with E-state index in [9.17, 15) is 9.59 Å². The predicted molar refractivity (Wildman–Crippen MR) is 89.5 cm³/mol. The van der Waals surface area contributed by atoms with E-state index in [4.69, 9.17) is 0 Å². The summed E-state index contributed by atoms with van der Waals surface area (Å²) in [6.45, 7) is 1.75. The van der Waals surface area contributed by atoms with E-state index in [0.717, 1.165) is 28.7 Å². The molecule has 0 saturated heterocycles. The summed E-state index contributed by atoms with van der Waals surface area (Å²) >= 11 is 2.94. The largest absolute Gasteiger partial charge is 0.341 e. The summed E-state index contributed by atoms with van der Waals surface area (Å²) in [6.07, 6.45) is 2.20. The standard InChI is InChI=1S/C14H17N5O2S2/c1-8(12(20)16-13(21)15-2)23-14-18-17-11(10-4-3-7-22-10)19(14)9-5-6-9/h3-4,7-9H,5-6H2,1-2H3,(H2,15,16,20,21). The lowest BCUT2D eigenvalue weighted by Gasteiger charge is -2.12. The molecule has 0 aromatic carbocycles. The van der Waals surface area contributed by atoms with Gasteiger partial charge in [-0.3, -0.25) is 14.7 Å². The van der Waals surface area contributed by atoms with Crippen molar-refractivity contribution in [2.75, 3.05) is 7.05 Å². The minimum absolute atomic E-state index is 0.350. The zero-order valence-corrected chi connectivity index (χ0v) is 14.4. The Balaban J connectivity index is 1.78. The average molecular weight is 351 g/mol. The normalized spacial score (nSPS) is 15.2. The number of nitrogens with one attached hydrogen (secondary N) is 2. The van der Waals surface area contributed by atoms with Crippen LogP contribution in [0.2, 0.25) is 0 Å². The Kier molecular flexibility index (Phi) is 4.67. The molecule has 1 aliphatic carbocycles. The van der Waals surface area contributed by atoms with Crippen molar-refractivity contribution in [3.63, 3.8) is 0 Å². The van der Waals surface area contributed by atoms with E-state index in [1.54, 1.807) is 18.3 Å². The monoisotopic (exact) mass is 351 g/mol. The number of amides is 3. The molecule has 0 spiro atoms. The molecule has 0 radical (unpaired) electrons. The third kappa shape index (κ3) is 3.56. The highest BCUT2D eigenvalue weighted by molar-refractivity contribution is 8.00. The van der Waals surface area contributed by atoms with Crippen molar-refractivity contribution in [1.82, 2.24) is 25.4 Å². The van der Waals surface area contributed by atoms with Gasteiger partial charge in [0, 0.05) is 13.1 Å². The summed E-state index contributed by atoms with van der Waals surface area (Å²) in [6, 6.07) is 3.89. The molecule has 1 atom stereocenters. The maximum Gasteiger partial charge on any atom is 0.321 e. The highest BCUT2D eigenvalue weighted by Gasteiger charge is 2.31. The van der Waals surface area contributed by atoms with Gasteiger partial charge >= 0.3 is 6.03 Å². The second-order valence-corrected chi connectivity index (χ2v) is 7.47. The van der Waals surface area contributed by atoms with Crippen molar-refractivity contribution in [3.8, 4) is 10.7 Å². The van der Waals surface area contributed by atoms with E-state index < -0.39 is 11.3 Å². The fourth-order valence-corrected chi connectivity index (χ4v) is 3.71. The number of urea groups is 1. The van der Waals surface area contributed by atoms with Crippen LogP contribution in [0.1, 0.15) is 25.8 Å². The third-order valence-electron chi connectivity index (χ3n) is 3.43. The first kappa shape index (κ1) is 16.0. The first-order valence-corrected chi connectivity index (χ1v) is 9.04. The van der Waals surface area contributed by atoms with Gasteiger partial charge in [-0.2, -0.15) is 0 Å². The number of hydrogen-bond acceptors (Lipinski definition) is 6. The van der Waals surface area contributed by atoms with E-state index in [0.29, 0.717) is 6.04 Å². The lowest BCUT2D eigenvalue weighted by molar-refractivity contribution is -0.119. The number of nitrogens with zero attached hydrogens (tertiary/aromatic N) is 3. The lowest BCUT2D eigenvalue weighted by Crippen LogP contribution is -2.41. The SMILES string of the molecule is CNC(=O)NC(=O)C(C)Sc1nnc(-c2cccs2)n1C1CC1. The number of rotatable bonds is 5. The quantitative estimate of drug-likeness (QED) is 0.807. The minimum atomic E-state index is -0.509. The summed E-state index contributed by atoms with van der Waals surface area (Å²) in [5.41, 5.74) is 0. The Hall–Kier alpha value is -1.87. The Labute approximate surface area is 141 Å². The fourth-order valence-electron chi connectivity index (χ4n) is 2.08. The number of thioether (sulfide) groups is 1. The van der Waals surface area contributed by atoms with Gasteiger partial charge in [0.1, 0.15) is 0 Å². The molecule has 2 N–H and O–H groups in total. The summed E-state index contributed by atoms with van der Waals surface area (Å²) in [7, 11) is 1.47. The molecule has 1 saturated carbocycles. The van der Waals surface area contributed by atoms with Crippen molar-refractivity contribution in [2.24, 2.45) is 0 Å². The molecule has 1 unspecified atom stereocenters. The number of carbonyl (C=O) groups is 2. The topological polar surface area (TPSA) is 88.9 Å². The molecule has 0 aliphatic heterocycles. The minimum Gasteiger partial charge on any atom is -0.341 e. The molecule has 0 bridgehead atoms. The Morgan fingerprint density at radius 1 is 1.43 bits per heavy atom. The summed E-state index contributed by atoms with van der Waals surface area (Å²) in [5.74, 6) is 0.501. The van der Waals surface area contributed by atoms with Crippen molar-refractivity contribution in [3.05, 3.63) is 17.5 Å². The molecule has 3 amide bonds. The molecule has 122 valence electrons. The van der Waals surface area contributed by atoms with Crippen LogP contribution in [0.3, 0.4) is 0 Å². The van der Waals surface area contributed by atoms with Crippen molar-refractivity contribution in [2.45, 2.75) is 36.2 Å². The van der Waals surface area contributed by atoms with Gasteiger partial charge in [-0.1, -0.05) is 17.8 Å². The van der Waals surface area contributed by atoms with Crippen LogP contribution in [0.15, 0.2) is 22.7 Å². The van der Waals surface area contributed by atoms with E-state index in [2.05, 4.69) is 25.4 Å². The smallest absolute Gasteiger partial charge is 0.321 e. The first-order chi connectivity index (χ1) is 11.1. The van der Waals surface area contributed by atoms with Crippen LogP contribution in [-0.4, -0.2) is 39.0 Å². The van der Waals surface area contributed by atoms with E-state index >= 15 is 0 Å². The Bertz CT molecular complexity index is 709. The van der Waals surface area contributed by atoms with Crippen molar-refractivity contribution in [1.29, 1.82) is 0 Å². The zero-order chi connectivity index (χ0) is 16.4. The molecule has 1 aliphatic rings. The average Bonchev–Trinajstić information content (AvgIpc) is 3.07. The molecule has 9 heteroatoms. The van der Waals surface area contributed by atoms with E-state index in [1.807, 2.05) is 17.5 Å². The second-order valence-electron chi connectivity index (χ2n) is 5.21. The van der Waals surface area contributed by atoms with Crippen molar-refractivity contribution < 1.29 is 9.59 Å². The van der Waals surface area contributed by atoms with Crippen molar-refractivity contribution >= 4 is 35.0 Å². The van der Waals surface area contributed by atoms with Gasteiger partial charge in [-0.05, 0) is 31.2 Å². The molecular formula is C14H17N5O2S2. The van der Waals surface area contributed by atoms with E-state index in [-0.39, 0.29) is 5.91 Å². The molecule has 1 fully saturated rings. The first-order valence-electron chi connectivity index (χ1n) is 7.28. The summed E-state index contributed by atoms with van der Waals surface area (Å²) in [5, 5.41) is 15.5. The molecule has 2 aromatic heterocycles. The zero-order valence-electron chi connectivity index (χ0n) is 12.8. The summed E-state index contributed by atoms with van der Waals surface area (Å²) < 4.78 is 2.11. The molecule has 2 heterocycles.